The van der Waals surface area contributed by atoms with Crippen LogP contribution in [0.3, 0.4) is 0 Å². The van der Waals surface area contributed by atoms with Crippen molar-refractivity contribution in [2.24, 2.45) is 0 Å². The van der Waals surface area contributed by atoms with Gasteiger partial charge >= 0.3 is 5.97 Å². The number of aryl methyl sites for hydroxylation is 1. The highest BCUT2D eigenvalue weighted by Gasteiger charge is 2.32. The molecule has 0 radical (unpaired) electrons. The standard InChI is InChI=1S/C16H18F2N2O4/c1-3-23-16(22)13-14(10(2)12(18)5-4-7-17)19-20-8-6-11(9-21)24-15(13)20/h4-5,7,11,21H,2-3,6,8-9H2,1H3/b7-4-,12-5+. The zero-order valence-corrected chi connectivity index (χ0v) is 13.2. The highest BCUT2D eigenvalue weighted by Crippen LogP contribution is 2.34. The number of nitrogens with zero attached hydrogens (tertiary/aromatic N) is 2. The van der Waals surface area contributed by atoms with Gasteiger partial charge < -0.3 is 14.6 Å². The molecule has 0 fully saturated rings. The highest BCUT2D eigenvalue weighted by molar-refractivity contribution is 5.98. The van der Waals surface area contributed by atoms with E-state index in [1.54, 1.807) is 6.92 Å². The molecular weight excluding hydrogens is 322 g/mol. The van der Waals surface area contributed by atoms with Gasteiger partial charge in [0.2, 0.25) is 5.88 Å². The van der Waals surface area contributed by atoms with Gasteiger partial charge in [-0.15, -0.1) is 0 Å². The van der Waals surface area contributed by atoms with Gasteiger partial charge in [0.05, 0.1) is 19.5 Å². The molecule has 1 aromatic heterocycles. The number of hydrogen-bond donors (Lipinski definition) is 1. The number of carbonyl (C=O) groups is 1. The molecule has 1 N–H and O–H groups in total. The maximum Gasteiger partial charge on any atom is 0.345 e. The molecule has 1 aromatic rings. The fraction of sp³-hybridized carbons (Fsp3) is 0.375. The van der Waals surface area contributed by atoms with Crippen molar-refractivity contribution in [1.29, 1.82) is 0 Å². The van der Waals surface area contributed by atoms with E-state index in [9.17, 15) is 18.7 Å². The summed E-state index contributed by atoms with van der Waals surface area (Å²) in [5.74, 6) is -1.48. The molecule has 130 valence electrons. The Morgan fingerprint density at radius 3 is 3.00 bits per heavy atom. The zero-order chi connectivity index (χ0) is 17.7. The van der Waals surface area contributed by atoms with Crippen molar-refractivity contribution in [2.75, 3.05) is 13.2 Å². The van der Waals surface area contributed by atoms with Crippen molar-refractivity contribution in [3.63, 3.8) is 0 Å². The number of ether oxygens (including phenoxy) is 2. The Kier molecular flexibility index (Phi) is 5.86. The number of fused-ring (bicyclic) bond motifs is 1. The van der Waals surface area contributed by atoms with Crippen LogP contribution < -0.4 is 4.74 Å². The average molecular weight is 340 g/mol. The zero-order valence-electron chi connectivity index (χ0n) is 13.2. The lowest BCUT2D eigenvalue weighted by Gasteiger charge is -2.23. The van der Waals surface area contributed by atoms with Gasteiger partial charge in [0.15, 0.2) is 0 Å². The molecule has 0 aliphatic carbocycles. The molecule has 0 spiro atoms. The van der Waals surface area contributed by atoms with Crippen molar-refractivity contribution in [3.05, 3.63) is 42.1 Å². The summed E-state index contributed by atoms with van der Waals surface area (Å²) in [7, 11) is 0. The van der Waals surface area contributed by atoms with Gasteiger partial charge in [-0.05, 0) is 19.1 Å². The van der Waals surface area contributed by atoms with Crippen molar-refractivity contribution in [2.45, 2.75) is 26.0 Å². The molecule has 0 aromatic carbocycles. The second-order valence-electron chi connectivity index (χ2n) is 5.00. The van der Waals surface area contributed by atoms with Gasteiger partial charge in [-0.1, -0.05) is 6.58 Å². The number of esters is 1. The van der Waals surface area contributed by atoms with Crippen LogP contribution in [0.1, 0.15) is 29.4 Å². The monoisotopic (exact) mass is 340 g/mol. The van der Waals surface area contributed by atoms with Crippen molar-refractivity contribution in [3.8, 4) is 5.88 Å². The third-order valence-electron chi connectivity index (χ3n) is 3.42. The number of hydrogen-bond acceptors (Lipinski definition) is 5. The predicted octanol–water partition coefficient (Wildman–Crippen LogP) is 2.55. The van der Waals surface area contributed by atoms with Crippen LogP contribution in [0.5, 0.6) is 5.88 Å². The molecular formula is C16H18F2N2O4. The Hall–Kier alpha value is -2.48. The minimum absolute atomic E-state index is 0.0388. The number of allylic oxidation sites excluding steroid dienone is 4. The summed E-state index contributed by atoms with van der Waals surface area (Å²) in [6.45, 7) is 5.48. The smallest absolute Gasteiger partial charge is 0.345 e. The highest BCUT2D eigenvalue weighted by atomic mass is 19.1. The number of rotatable bonds is 6. The lowest BCUT2D eigenvalue weighted by atomic mass is 10.1. The van der Waals surface area contributed by atoms with Gasteiger partial charge in [-0.3, -0.25) is 0 Å². The Bertz CT molecular complexity index is 694. The minimum atomic E-state index is -0.844. The normalized spacial score (nSPS) is 17.5. The lowest BCUT2D eigenvalue weighted by molar-refractivity contribution is 0.0487. The molecule has 2 rings (SSSR count). The molecule has 1 unspecified atom stereocenters. The second kappa shape index (κ2) is 7.87. The third-order valence-corrected chi connectivity index (χ3v) is 3.42. The van der Waals surface area contributed by atoms with E-state index in [-0.39, 0.29) is 42.3 Å². The van der Waals surface area contributed by atoms with Crippen molar-refractivity contribution < 1.29 is 28.2 Å². The first-order valence-corrected chi connectivity index (χ1v) is 7.41. The molecule has 6 nitrogen and oxygen atoms in total. The first kappa shape index (κ1) is 17.9. The van der Waals surface area contributed by atoms with Crippen LogP contribution in [-0.2, 0) is 11.3 Å². The fourth-order valence-electron chi connectivity index (χ4n) is 2.26. The van der Waals surface area contributed by atoms with Crippen LogP contribution in [0.2, 0.25) is 0 Å². The van der Waals surface area contributed by atoms with E-state index in [2.05, 4.69) is 11.7 Å². The summed E-state index contributed by atoms with van der Waals surface area (Å²) in [4.78, 5) is 12.3. The van der Waals surface area contributed by atoms with E-state index in [1.807, 2.05) is 0 Å². The molecule has 0 bridgehead atoms. The molecule has 1 aliphatic rings. The van der Waals surface area contributed by atoms with Crippen molar-refractivity contribution >= 4 is 11.5 Å². The third kappa shape index (κ3) is 3.53. The van der Waals surface area contributed by atoms with Crippen LogP contribution in [0.15, 0.2) is 30.9 Å². The van der Waals surface area contributed by atoms with E-state index in [0.29, 0.717) is 13.0 Å². The van der Waals surface area contributed by atoms with Crippen LogP contribution in [-0.4, -0.2) is 40.2 Å². The van der Waals surface area contributed by atoms with Crippen LogP contribution in [0.25, 0.3) is 5.57 Å². The Labute approximate surface area is 137 Å². The van der Waals surface area contributed by atoms with E-state index >= 15 is 0 Å². The molecule has 24 heavy (non-hydrogen) atoms. The first-order valence-electron chi connectivity index (χ1n) is 7.41. The van der Waals surface area contributed by atoms with Crippen molar-refractivity contribution in [1.82, 2.24) is 9.78 Å². The summed E-state index contributed by atoms with van der Waals surface area (Å²) in [6.07, 6.45) is 1.90. The summed E-state index contributed by atoms with van der Waals surface area (Å²) in [6, 6.07) is 0. The molecule has 0 saturated carbocycles. The van der Waals surface area contributed by atoms with Crippen LogP contribution >= 0.6 is 0 Å². The SMILES string of the molecule is C=C(/C(F)=C\C=C/F)c1nn2c(c1C(=O)OCC)OC(CO)CC2. The average Bonchev–Trinajstić information content (AvgIpc) is 2.97. The molecule has 8 heteroatoms. The number of halogens is 2. The Balaban J connectivity index is 2.49. The summed E-state index contributed by atoms with van der Waals surface area (Å²) in [5, 5.41) is 13.4. The van der Waals surface area contributed by atoms with E-state index in [0.717, 1.165) is 12.2 Å². The number of aliphatic hydroxyl groups is 1. The van der Waals surface area contributed by atoms with Gasteiger partial charge in [-0.25, -0.2) is 18.3 Å². The largest absolute Gasteiger partial charge is 0.471 e. The maximum atomic E-state index is 14.1. The van der Waals surface area contributed by atoms with E-state index < -0.39 is 17.9 Å². The quantitative estimate of drug-likeness (QED) is 0.636. The maximum absolute atomic E-state index is 14.1. The van der Waals surface area contributed by atoms with Gasteiger partial charge in [0.25, 0.3) is 0 Å². The molecule has 0 saturated heterocycles. The fourth-order valence-corrected chi connectivity index (χ4v) is 2.26. The van der Waals surface area contributed by atoms with E-state index in [4.69, 9.17) is 9.47 Å². The number of aromatic nitrogens is 2. The topological polar surface area (TPSA) is 73.6 Å². The first-order chi connectivity index (χ1) is 11.5. The van der Waals surface area contributed by atoms with Crippen LogP contribution in [0.4, 0.5) is 8.78 Å². The van der Waals surface area contributed by atoms with Gasteiger partial charge in [0, 0.05) is 18.5 Å². The summed E-state index contributed by atoms with van der Waals surface area (Å²) in [5.41, 5.74) is -0.293. The number of aliphatic hydroxyl groups excluding tert-OH is 1. The van der Waals surface area contributed by atoms with Crippen LogP contribution in [0, 0.1) is 0 Å². The molecule has 1 aliphatic heterocycles. The molecule has 2 heterocycles. The second-order valence-corrected chi connectivity index (χ2v) is 5.00. The lowest BCUT2D eigenvalue weighted by Crippen LogP contribution is -2.30. The molecule has 0 amide bonds. The van der Waals surface area contributed by atoms with E-state index in [1.165, 1.54) is 4.68 Å². The molecule has 1 atom stereocenters. The van der Waals surface area contributed by atoms with Gasteiger partial charge in [0.1, 0.15) is 23.2 Å². The minimum Gasteiger partial charge on any atom is -0.471 e. The summed E-state index contributed by atoms with van der Waals surface area (Å²) >= 11 is 0. The Morgan fingerprint density at radius 2 is 2.38 bits per heavy atom. The number of carbonyl (C=O) groups excluding carboxylic acids is 1. The predicted molar refractivity (Wildman–Crippen MR) is 82.8 cm³/mol. The Morgan fingerprint density at radius 1 is 1.62 bits per heavy atom. The van der Waals surface area contributed by atoms with Gasteiger partial charge in [-0.2, -0.15) is 5.10 Å². The summed E-state index contributed by atoms with van der Waals surface area (Å²) < 4.78 is 38.0.